The van der Waals surface area contributed by atoms with Crippen LogP contribution in [0.5, 0.6) is 0 Å². The van der Waals surface area contributed by atoms with Crippen LogP contribution in [0.2, 0.25) is 0 Å². The van der Waals surface area contributed by atoms with Gasteiger partial charge in [-0.05, 0) is 58.2 Å². The third-order valence-electron chi connectivity index (χ3n) is 10.8. The van der Waals surface area contributed by atoms with Crippen molar-refractivity contribution in [2.24, 2.45) is 17.8 Å². The molecule has 0 bridgehead atoms. The number of carbonyl (C=O) groups is 3. The Morgan fingerprint density at radius 1 is 0.635 bits per heavy atom. The van der Waals surface area contributed by atoms with E-state index in [-0.39, 0.29) is 31.5 Å². The van der Waals surface area contributed by atoms with Crippen molar-refractivity contribution in [3.8, 4) is 0 Å². The number of aliphatic hydroxyl groups excluding tert-OH is 12. The van der Waals surface area contributed by atoms with Gasteiger partial charge in [0.25, 0.3) is 0 Å². The molecule has 0 amide bonds. The van der Waals surface area contributed by atoms with Crippen LogP contribution in [0.4, 0.5) is 0 Å². The lowest BCUT2D eigenvalue weighted by Crippen LogP contribution is -2.64. The maximum Gasteiger partial charge on any atom is 0.306 e. The molecule has 13 unspecified atom stereocenters. The topological polar surface area (TPSA) is 429 Å². The Bertz CT molecular complexity index is 1240. The highest BCUT2D eigenvalue weighted by Crippen LogP contribution is 2.23. The minimum absolute atomic E-state index is 0.0187. The van der Waals surface area contributed by atoms with E-state index in [1.807, 2.05) is 0 Å². The molecule has 2 aliphatic heterocycles. The van der Waals surface area contributed by atoms with Crippen LogP contribution in [0, 0.1) is 17.8 Å². The fraction of sp³-hybridized carbons (Fsp3) is 0.923. The predicted molar refractivity (Wildman–Crippen MR) is 219 cm³/mol. The first-order chi connectivity index (χ1) is 29.5. The first kappa shape index (κ1) is 60.7. The van der Waals surface area contributed by atoms with E-state index < -0.39 is 116 Å². The third-order valence-corrected chi connectivity index (χ3v) is 10.8. The summed E-state index contributed by atoms with van der Waals surface area (Å²) in [7, 11) is 0. The van der Waals surface area contributed by atoms with E-state index >= 15 is 0 Å². The number of carboxylic acids is 3. The quantitative estimate of drug-likeness (QED) is 0.0325. The van der Waals surface area contributed by atoms with Crippen LogP contribution in [0.1, 0.15) is 78.6 Å². The second-order valence-corrected chi connectivity index (χ2v) is 16.2. The molecular formula is C39H77N3O21. The van der Waals surface area contributed by atoms with E-state index in [1.54, 1.807) is 20.8 Å². The molecule has 16 atom stereocenters. The Labute approximate surface area is 367 Å². The second kappa shape index (κ2) is 32.4. The zero-order chi connectivity index (χ0) is 48.4. The number of ether oxygens (including phenoxy) is 2. The SMILES string of the molecule is C[C@@H](CCCCNC1OC(CO)C(O)C(O)C1O)C(=O)O.C[C@@H](CCCCNCC(O)C(O)C(O)C(O)CO)C(=O)O.C[C@@H](CCCCNCC1(O)OCC(O)C(O)C1O)C(=O)O. The zero-order valence-corrected chi connectivity index (χ0v) is 36.4. The zero-order valence-electron chi connectivity index (χ0n) is 36.4. The molecule has 2 aliphatic rings. The molecule has 0 saturated carbocycles. The molecule has 2 fully saturated rings. The Hall–Kier alpha value is -2.31. The summed E-state index contributed by atoms with van der Waals surface area (Å²) in [5.74, 6) is -5.55. The van der Waals surface area contributed by atoms with Gasteiger partial charge < -0.3 is 102 Å². The Morgan fingerprint density at radius 3 is 1.56 bits per heavy atom. The number of unbranched alkanes of at least 4 members (excludes halogenated alkanes) is 3. The van der Waals surface area contributed by atoms with Crippen molar-refractivity contribution in [2.45, 2.75) is 158 Å². The summed E-state index contributed by atoms with van der Waals surface area (Å²) in [5, 5.41) is 158. The lowest BCUT2D eigenvalue weighted by Gasteiger charge is -2.41. The molecule has 0 aromatic heterocycles. The standard InChI is InChI=1S/2C13H25NO7.C13H27NO7/c1-8(12(18)19)4-2-3-5-14-7-13(20)11(17)10(16)9(15)6-21-13;1-7(13(19)20)4-2-3-5-14-12-11(18)10(17)9(16)8(6-15)21-12;1-8(13(20)21)4-2-3-5-14-6-9(16)11(18)12(19)10(17)7-15/h8-11,14-17,20H,2-7H2,1H3,(H,18,19);7-12,14-18H,2-6H2,1H3,(H,19,20);8-12,14-19H,2-7H2,1H3,(H,20,21)/t8-,9?,10?,11?,13?;7-,8?,9?,10?,11?,12?;8-,9?,10?,11?,12?/m000/s1. The van der Waals surface area contributed by atoms with Crippen LogP contribution in [0.15, 0.2) is 0 Å². The van der Waals surface area contributed by atoms with E-state index in [0.29, 0.717) is 51.7 Å². The normalized spacial score (nSPS) is 29.3. The van der Waals surface area contributed by atoms with Gasteiger partial charge in [-0.1, -0.05) is 40.0 Å². The Morgan fingerprint density at radius 2 is 1.10 bits per heavy atom. The highest BCUT2D eigenvalue weighted by molar-refractivity contribution is 5.70. The van der Waals surface area contributed by atoms with Gasteiger partial charge in [-0.15, -0.1) is 0 Å². The molecular weight excluding hydrogens is 846 g/mol. The van der Waals surface area contributed by atoms with Crippen LogP contribution in [-0.2, 0) is 23.9 Å². The van der Waals surface area contributed by atoms with E-state index in [1.165, 1.54) is 0 Å². The van der Waals surface area contributed by atoms with Crippen molar-refractivity contribution in [3.63, 3.8) is 0 Å². The van der Waals surface area contributed by atoms with Crippen LogP contribution >= 0.6 is 0 Å². The third kappa shape index (κ3) is 23.1. The molecule has 0 aromatic carbocycles. The minimum Gasteiger partial charge on any atom is -0.481 e. The number of hydrogen-bond donors (Lipinski definition) is 19. The highest BCUT2D eigenvalue weighted by Gasteiger charge is 2.48. The second-order valence-electron chi connectivity index (χ2n) is 16.2. The van der Waals surface area contributed by atoms with Gasteiger partial charge in [-0.2, -0.15) is 0 Å². The molecule has 2 saturated heterocycles. The minimum atomic E-state index is -1.94. The monoisotopic (exact) mass is 924 g/mol. The molecule has 0 aromatic rings. The predicted octanol–water partition coefficient (Wildman–Crippen LogP) is -5.56. The van der Waals surface area contributed by atoms with Gasteiger partial charge in [-0.25, -0.2) is 0 Å². The van der Waals surface area contributed by atoms with Crippen molar-refractivity contribution in [1.82, 2.24) is 16.0 Å². The van der Waals surface area contributed by atoms with Crippen molar-refractivity contribution in [1.29, 1.82) is 0 Å². The number of rotatable bonds is 28. The van der Waals surface area contributed by atoms with E-state index in [0.717, 1.165) is 25.7 Å². The number of hydrogen-bond acceptors (Lipinski definition) is 21. The van der Waals surface area contributed by atoms with Crippen molar-refractivity contribution in [3.05, 3.63) is 0 Å². The number of aliphatic carboxylic acids is 3. The smallest absolute Gasteiger partial charge is 0.306 e. The lowest BCUT2D eigenvalue weighted by molar-refractivity contribution is -0.317. The molecule has 0 radical (unpaired) electrons. The van der Waals surface area contributed by atoms with Gasteiger partial charge in [-0.3, -0.25) is 19.7 Å². The number of aliphatic hydroxyl groups is 13. The van der Waals surface area contributed by atoms with E-state index in [2.05, 4.69) is 16.0 Å². The summed E-state index contributed by atoms with van der Waals surface area (Å²) in [5.41, 5.74) is 0. The molecule has 24 nitrogen and oxygen atoms in total. The molecule has 0 spiro atoms. The van der Waals surface area contributed by atoms with Gasteiger partial charge in [0.15, 0.2) is 0 Å². The lowest BCUT2D eigenvalue weighted by atomic mass is 9.97. The summed E-state index contributed by atoms with van der Waals surface area (Å²) in [6, 6.07) is 0. The molecule has 19 N–H and O–H groups in total. The first-order valence-corrected chi connectivity index (χ1v) is 21.3. The Balaban J connectivity index is 0.000000915. The van der Waals surface area contributed by atoms with Crippen molar-refractivity contribution >= 4 is 17.9 Å². The van der Waals surface area contributed by atoms with Crippen LogP contribution in [0.3, 0.4) is 0 Å². The van der Waals surface area contributed by atoms with Crippen molar-refractivity contribution in [2.75, 3.05) is 52.5 Å². The van der Waals surface area contributed by atoms with Crippen LogP contribution in [-0.4, -0.2) is 231 Å². The van der Waals surface area contributed by atoms with Crippen LogP contribution < -0.4 is 16.0 Å². The molecule has 24 heteroatoms. The molecule has 2 rings (SSSR count). The Kier molecular flexibility index (Phi) is 31.2. The number of carboxylic acid groups (broad SMARTS) is 3. The summed E-state index contributed by atoms with van der Waals surface area (Å²) in [6.45, 7) is 4.96. The maximum atomic E-state index is 10.6. The van der Waals surface area contributed by atoms with E-state index in [9.17, 15) is 65.4 Å². The summed E-state index contributed by atoms with van der Waals surface area (Å²) >= 11 is 0. The van der Waals surface area contributed by atoms with Crippen LogP contribution in [0.25, 0.3) is 0 Å². The summed E-state index contributed by atoms with van der Waals surface area (Å²) < 4.78 is 10.3. The largest absolute Gasteiger partial charge is 0.481 e. The van der Waals surface area contributed by atoms with Crippen molar-refractivity contribution < 1.29 is 106 Å². The first-order valence-electron chi connectivity index (χ1n) is 21.3. The van der Waals surface area contributed by atoms with Gasteiger partial charge in [0, 0.05) is 6.54 Å². The molecule has 374 valence electrons. The fourth-order valence-corrected chi connectivity index (χ4v) is 6.11. The maximum absolute atomic E-state index is 10.6. The van der Waals surface area contributed by atoms with Gasteiger partial charge >= 0.3 is 17.9 Å². The fourth-order valence-electron chi connectivity index (χ4n) is 6.11. The molecule has 0 aliphatic carbocycles. The molecule has 63 heavy (non-hydrogen) atoms. The van der Waals surface area contributed by atoms with E-state index in [4.69, 9.17) is 40.1 Å². The average molecular weight is 924 g/mol. The summed E-state index contributed by atoms with van der Waals surface area (Å²) in [6.07, 6.45) is -10.1. The molecule has 2 heterocycles. The van der Waals surface area contributed by atoms with Gasteiger partial charge in [0.05, 0.1) is 50.2 Å². The highest BCUT2D eigenvalue weighted by atomic mass is 16.6. The summed E-state index contributed by atoms with van der Waals surface area (Å²) in [4.78, 5) is 31.9. The van der Waals surface area contributed by atoms with Gasteiger partial charge in [0.1, 0.15) is 67.3 Å². The average Bonchev–Trinajstić information content (AvgIpc) is 3.25. The number of nitrogens with one attached hydrogen (secondary N) is 3. The van der Waals surface area contributed by atoms with Gasteiger partial charge in [0.2, 0.25) is 5.79 Å².